The Kier molecular flexibility index (Phi) is 3.51. The molecule has 1 atom stereocenters. The third-order valence-corrected chi connectivity index (χ3v) is 1.86. The van der Waals surface area contributed by atoms with Gasteiger partial charge in [-0.25, -0.2) is 9.18 Å². The molecular weight excluding hydrogens is 228 g/mol. The molecule has 0 heterocycles. The molecule has 0 N–H and O–H groups in total. The smallest absolute Gasteiger partial charge is 0.451 e. The first-order valence-corrected chi connectivity index (χ1v) is 4.34. The van der Waals surface area contributed by atoms with Crippen molar-refractivity contribution >= 4 is 5.97 Å². The van der Waals surface area contributed by atoms with Crippen molar-refractivity contribution in [3.05, 3.63) is 35.6 Å². The molecular formula is C10H8F4O2. The first-order chi connectivity index (χ1) is 7.32. The minimum atomic E-state index is -5.07. The molecule has 88 valence electrons. The van der Waals surface area contributed by atoms with Crippen molar-refractivity contribution in [2.75, 3.05) is 0 Å². The highest BCUT2D eigenvalue weighted by atomic mass is 19.4. The van der Waals surface area contributed by atoms with Crippen LogP contribution in [0.2, 0.25) is 0 Å². The van der Waals surface area contributed by atoms with E-state index in [0.29, 0.717) is 0 Å². The highest BCUT2D eigenvalue weighted by Gasteiger charge is 2.42. The molecule has 0 spiro atoms. The fourth-order valence-electron chi connectivity index (χ4n) is 1.10. The maximum atomic E-state index is 13.1. The van der Waals surface area contributed by atoms with Gasteiger partial charge in [-0.05, 0) is 13.0 Å². The van der Waals surface area contributed by atoms with Crippen LogP contribution in [-0.4, -0.2) is 12.1 Å². The first-order valence-electron chi connectivity index (χ1n) is 4.34. The molecule has 0 bridgehead atoms. The Hall–Kier alpha value is -1.59. The van der Waals surface area contributed by atoms with Crippen LogP contribution in [0.3, 0.4) is 0 Å². The second kappa shape index (κ2) is 4.51. The average Bonchev–Trinajstić information content (AvgIpc) is 2.16. The van der Waals surface area contributed by atoms with Gasteiger partial charge in [0.25, 0.3) is 0 Å². The van der Waals surface area contributed by atoms with Crippen molar-refractivity contribution in [1.29, 1.82) is 0 Å². The molecule has 1 aromatic rings. The Labute approximate surface area is 88.8 Å². The molecule has 0 saturated heterocycles. The van der Waals surface area contributed by atoms with Crippen LogP contribution in [0, 0.1) is 5.82 Å². The number of carbonyl (C=O) groups excluding carboxylic acids is 1. The zero-order chi connectivity index (χ0) is 12.3. The maximum absolute atomic E-state index is 13.1. The minimum absolute atomic E-state index is 0.0971. The maximum Gasteiger partial charge on any atom is 0.490 e. The number of alkyl halides is 3. The van der Waals surface area contributed by atoms with Crippen LogP contribution in [0.5, 0.6) is 0 Å². The van der Waals surface area contributed by atoms with Crippen molar-refractivity contribution in [2.24, 2.45) is 0 Å². The van der Waals surface area contributed by atoms with E-state index < -0.39 is 24.1 Å². The molecule has 1 unspecified atom stereocenters. The molecule has 0 aliphatic rings. The summed E-state index contributed by atoms with van der Waals surface area (Å²) in [7, 11) is 0. The second-order valence-electron chi connectivity index (χ2n) is 3.07. The molecule has 0 amide bonds. The Morgan fingerprint density at radius 2 is 1.88 bits per heavy atom. The molecule has 2 nitrogen and oxygen atoms in total. The SMILES string of the molecule is CC(OC(=O)C(F)(F)F)c1ccccc1F. The van der Waals surface area contributed by atoms with E-state index in [1.807, 2.05) is 0 Å². The molecule has 6 heteroatoms. The third-order valence-electron chi connectivity index (χ3n) is 1.86. The van der Waals surface area contributed by atoms with E-state index in [4.69, 9.17) is 0 Å². The van der Waals surface area contributed by atoms with E-state index in [9.17, 15) is 22.4 Å². The summed E-state index contributed by atoms with van der Waals surface area (Å²) in [5, 5.41) is 0. The standard InChI is InChI=1S/C10H8F4O2/c1-6(16-9(15)10(12,13)14)7-4-2-3-5-8(7)11/h2-6H,1H3. The van der Waals surface area contributed by atoms with Crippen molar-refractivity contribution in [3.8, 4) is 0 Å². The van der Waals surface area contributed by atoms with E-state index in [1.165, 1.54) is 25.1 Å². The summed E-state index contributed by atoms with van der Waals surface area (Å²) in [4.78, 5) is 10.5. The molecule has 0 aliphatic carbocycles. The zero-order valence-corrected chi connectivity index (χ0v) is 8.22. The molecule has 16 heavy (non-hydrogen) atoms. The van der Waals surface area contributed by atoms with Gasteiger partial charge >= 0.3 is 12.1 Å². The van der Waals surface area contributed by atoms with Gasteiger partial charge in [-0.15, -0.1) is 0 Å². The van der Waals surface area contributed by atoms with Crippen molar-refractivity contribution < 1.29 is 27.1 Å². The minimum Gasteiger partial charge on any atom is -0.451 e. The van der Waals surface area contributed by atoms with Crippen molar-refractivity contribution in [1.82, 2.24) is 0 Å². The van der Waals surface area contributed by atoms with Gasteiger partial charge in [0.05, 0.1) is 0 Å². The first kappa shape index (κ1) is 12.5. The predicted molar refractivity (Wildman–Crippen MR) is 47.0 cm³/mol. The van der Waals surface area contributed by atoms with Crippen LogP contribution in [-0.2, 0) is 9.53 Å². The summed E-state index contributed by atoms with van der Waals surface area (Å²) < 4.78 is 52.8. The van der Waals surface area contributed by atoms with Crippen LogP contribution in [0.1, 0.15) is 18.6 Å². The van der Waals surface area contributed by atoms with Crippen molar-refractivity contribution in [3.63, 3.8) is 0 Å². The van der Waals surface area contributed by atoms with Gasteiger partial charge in [-0.3, -0.25) is 0 Å². The van der Waals surface area contributed by atoms with E-state index in [0.717, 1.165) is 6.07 Å². The summed E-state index contributed by atoms with van der Waals surface area (Å²) in [5.74, 6) is -3.05. The van der Waals surface area contributed by atoms with Gasteiger partial charge in [-0.2, -0.15) is 13.2 Å². The summed E-state index contributed by atoms with van der Waals surface area (Å²) in [6, 6.07) is 5.16. The third kappa shape index (κ3) is 2.95. The number of esters is 1. The number of halogens is 4. The normalized spacial score (nSPS) is 13.3. The second-order valence-corrected chi connectivity index (χ2v) is 3.07. The quantitative estimate of drug-likeness (QED) is 0.582. The summed E-state index contributed by atoms with van der Waals surface area (Å²) in [5.41, 5.74) is -0.0971. The summed E-state index contributed by atoms with van der Waals surface area (Å²) in [6.07, 6.45) is -6.35. The highest BCUT2D eigenvalue weighted by Crippen LogP contribution is 2.24. The predicted octanol–water partition coefficient (Wildman–Crippen LogP) is 2.99. The average molecular weight is 236 g/mol. The molecule has 0 saturated carbocycles. The fraction of sp³-hybridized carbons (Fsp3) is 0.300. The number of rotatable bonds is 2. The topological polar surface area (TPSA) is 26.3 Å². The Bertz CT molecular complexity index is 387. The van der Waals surface area contributed by atoms with E-state index >= 15 is 0 Å². The zero-order valence-electron chi connectivity index (χ0n) is 8.22. The lowest BCUT2D eigenvalue weighted by Gasteiger charge is -2.15. The van der Waals surface area contributed by atoms with Gasteiger partial charge in [0, 0.05) is 5.56 Å². The van der Waals surface area contributed by atoms with Crippen molar-refractivity contribution in [2.45, 2.75) is 19.2 Å². The molecule has 1 rings (SSSR count). The monoisotopic (exact) mass is 236 g/mol. The van der Waals surface area contributed by atoms with Gasteiger partial charge in [0.2, 0.25) is 0 Å². The van der Waals surface area contributed by atoms with Crippen LogP contribution in [0.4, 0.5) is 17.6 Å². The lowest BCUT2D eigenvalue weighted by atomic mass is 10.1. The Balaban J connectivity index is 2.78. The van der Waals surface area contributed by atoms with Crippen LogP contribution in [0.25, 0.3) is 0 Å². The molecule has 0 aliphatic heterocycles. The van der Waals surface area contributed by atoms with E-state index in [1.54, 1.807) is 0 Å². The van der Waals surface area contributed by atoms with E-state index in [2.05, 4.69) is 4.74 Å². The largest absolute Gasteiger partial charge is 0.490 e. The molecule has 0 radical (unpaired) electrons. The van der Waals surface area contributed by atoms with Crippen LogP contribution >= 0.6 is 0 Å². The van der Waals surface area contributed by atoms with Crippen LogP contribution in [0.15, 0.2) is 24.3 Å². The number of carbonyl (C=O) groups is 1. The van der Waals surface area contributed by atoms with Crippen LogP contribution < -0.4 is 0 Å². The summed E-state index contributed by atoms with van der Waals surface area (Å²) in [6.45, 7) is 1.17. The molecule has 1 aromatic carbocycles. The lowest BCUT2D eigenvalue weighted by molar-refractivity contribution is -0.204. The lowest BCUT2D eigenvalue weighted by Crippen LogP contribution is -2.26. The number of benzene rings is 1. The molecule has 0 aromatic heterocycles. The van der Waals surface area contributed by atoms with Gasteiger partial charge in [0.15, 0.2) is 0 Å². The van der Waals surface area contributed by atoms with Gasteiger partial charge in [0.1, 0.15) is 11.9 Å². The Morgan fingerprint density at radius 3 is 2.38 bits per heavy atom. The Morgan fingerprint density at radius 1 is 1.31 bits per heavy atom. The fourth-order valence-corrected chi connectivity index (χ4v) is 1.10. The van der Waals surface area contributed by atoms with E-state index in [-0.39, 0.29) is 5.56 Å². The number of hydrogen-bond donors (Lipinski definition) is 0. The number of ether oxygens (including phenoxy) is 1. The summed E-state index contributed by atoms with van der Waals surface area (Å²) >= 11 is 0. The highest BCUT2D eigenvalue weighted by molar-refractivity contribution is 5.75. The van der Waals surface area contributed by atoms with Gasteiger partial charge in [-0.1, -0.05) is 18.2 Å². The molecule has 0 fully saturated rings. The van der Waals surface area contributed by atoms with Gasteiger partial charge < -0.3 is 4.74 Å². The number of hydrogen-bond acceptors (Lipinski definition) is 2.